The number of carbonyl (C=O) groups is 1. The van der Waals surface area contributed by atoms with Crippen LogP contribution in [0.25, 0.3) is 0 Å². The van der Waals surface area contributed by atoms with E-state index in [2.05, 4.69) is 10.6 Å². The Morgan fingerprint density at radius 1 is 0.947 bits per heavy atom. The van der Waals surface area contributed by atoms with Gasteiger partial charge in [-0.1, -0.05) is 18.2 Å². The van der Waals surface area contributed by atoms with Crippen LogP contribution in [0.4, 0.5) is 17.1 Å². The van der Waals surface area contributed by atoms with E-state index < -0.39 is 0 Å². The first-order valence-electron chi connectivity index (χ1n) is 6.27. The van der Waals surface area contributed by atoms with Gasteiger partial charge in [0.2, 0.25) is 5.91 Å². The van der Waals surface area contributed by atoms with Crippen LogP contribution in [0.3, 0.4) is 0 Å². The number of aryl methyl sites for hydroxylation is 2. The standard InChI is InChI=1S/C16H18N2O/c1-11-9-15(18-14-7-5-4-6-8-14)10-12(2)16(11)17-13(3)19/h4-10,18H,1-3H3,(H,17,19). The van der Waals surface area contributed by atoms with Crippen molar-refractivity contribution in [3.05, 3.63) is 53.6 Å². The second-order valence-corrected chi connectivity index (χ2v) is 4.66. The van der Waals surface area contributed by atoms with Crippen LogP contribution in [-0.2, 0) is 4.79 Å². The first kappa shape index (κ1) is 13.1. The molecule has 0 saturated carbocycles. The fourth-order valence-corrected chi connectivity index (χ4v) is 2.10. The van der Waals surface area contributed by atoms with Gasteiger partial charge in [0, 0.05) is 24.0 Å². The summed E-state index contributed by atoms with van der Waals surface area (Å²) in [5.41, 5.74) is 5.07. The number of anilines is 3. The Balaban J connectivity index is 2.27. The second-order valence-electron chi connectivity index (χ2n) is 4.66. The van der Waals surface area contributed by atoms with Crippen molar-refractivity contribution >= 4 is 23.0 Å². The van der Waals surface area contributed by atoms with E-state index in [-0.39, 0.29) is 5.91 Å². The van der Waals surface area contributed by atoms with Crippen molar-refractivity contribution < 1.29 is 4.79 Å². The lowest BCUT2D eigenvalue weighted by Crippen LogP contribution is -2.09. The first-order chi connectivity index (χ1) is 9.06. The first-order valence-corrected chi connectivity index (χ1v) is 6.27. The molecule has 0 bridgehead atoms. The van der Waals surface area contributed by atoms with Crippen LogP contribution in [0.15, 0.2) is 42.5 Å². The number of carbonyl (C=O) groups excluding carboxylic acids is 1. The molecule has 19 heavy (non-hydrogen) atoms. The minimum atomic E-state index is -0.0463. The molecule has 0 fully saturated rings. The van der Waals surface area contributed by atoms with Crippen LogP contribution in [-0.4, -0.2) is 5.91 Å². The van der Waals surface area contributed by atoms with Crippen LogP contribution in [0.5, 0.6) is 0 Å². The third-order valence-electron chi connectivity index (χ3n) is 2.90. The minimum absolute atomic E-state index is 0.0463. The molecule has 2 N–H and O–H groups in total. The van der Waals surface area contributed by atoms with Crippen molar-refractivity contribution in [3.63, 3.8) is 0 Å². The Morgan fingerprint density at radius 3 is 2.05 bits per heavy atom. The van der Waals surface area contributed by atoms with Crippen LogP contribution in [0.2, 0.25) is 0 Å². The molecule has 0 heterocycles. The maximum atomic E-state index is 11.2. The van der Waals surface area contributed by atoms with E-state index in [4.69, 9.17) is 0 Å². The predicted octanol–water partition coefficient (Wildman–Crippen LogP) is 4.01. The Bertz CT molecular complexity index is 568. The smallest absolute Gasteiger partial charge is 0.221 e. The third-order valence-corrected chi connectivity index (χ3v) is 2.90. The molecule has 2 aromatic carbocycles. The van der Waals surface area contributed by atoms with Crippen LogP contribution >= 0.6 is 0 Å². The molecule has 0 aliphatic rings. The van der Waals surface area contributed by atoms with Gasteiger partial charge in [0.25, 0.3) is 0 Å². The minimum Gasteiger partial charge on any atom is -0.356 e. The highest BCUT2D eigenvalue weighted by atomic mass is 16.1. The summed E-state index contributed by atoms with van der Waals surface area (Å²) in [6.07, 6.45) is 0. The largest absolute Gasteiger partial charge is 0.356 e. The Labute approximate surface area is 113 Å². The number of amides is 1. The van der Waals surface area contributed by atoms with Crippen molar-refractivity contribution in [3.8, 4) is 0 Å². The van der Waals surface area contributed by atoms with Gasteiger partial charge >= 0.3 is 0 Å². The van der Waals surface area contributed by atoms with E-state index in [0.29, 0.717) is 0 Å². The number of hydrogen-bond donors (Lipinski definition) is 2. The lowest BCUT2D eigenvalue weighted by atomic mass is 10.1. The molecule has 0 aliphatic carbocycles. The molecule has 0 atom stereocenters. The summed E-state index contributed by atoms with van der Waals surface area (Å²) in [4.78, 5) is 11.2. The molecule has 0 aromatic heterocycles. The average molecular weight is 254 g/mol. The molecule has 3 nitrogen and oxygen atoms in total. The highest BCUT2D eigenvalue weighted by Crippen LogP contribution is 2.26. The number of hydrogen-bond acceptors (Lipinski definition) is 2. The zero-order chi connectivity index (χ0) is 13.8. The normalized spacial score (nSPS) is 10.1. The molecule has 2 aromatic rings. The van der Waals surface area contributed by atoms with Gasteiger partial charge in [0.1, 0.15) is 0 Å². The topological polar surface area (TPSA) is 41.1 Å². The molecule has 2 rings (SSSR count). The molecule has 0 radical (unpaired) electrons. The number of benzene rings is 2. The fraction of sp³-hybridized carbons (Fsp3) is 0.188. The number of para-hydroxylation sites is 1. The summed E-state index contributed by atoms with van der Waals surface area (Å²) < 4.78 is 0. The molecule has 0 spiro atoms. The summed E-state index contributed by atoms with van der Waals surface area (Å²) in [5.74, 6) is -0.0463. The van der Waals surface area contributed by atoms with Crippen molar-refractivity contribution in [2.24, 2.45) is 0 Å². The van der Waals surface area contributed by atoms with Gasteiger partial charge in [-0.25, -0.2) is 0 Å². The van der Waals surface area contributed by atoms with Crippen LogP contribution in [0, 0.1) is 13.8 Å². The summed E-state index contributed by atoms with van der Waals surface area (Å²) in [6, 6.07) is 14.1. The SMILES string of the molecule is CC(=O)Nc1c(C)cc(Nc2ccccc2)cc1C. The van der Waals surface area contributed by atoms with E-state index >= 15 is 0 Å². The highest BCUT2D eigenvalue weighted by Gasteiger charge is 2.06. The van der Waals surface area contributed by atoms with E-state index in [1.807, 2.05) is 56.3 Å². The van der Waals surface area contributed by atoms with Crippen molar-refractivity contribution in [2.75, 3.05) is 10.6 Å². The molecule has 98 valence electrons. The van der Waals surface area contributed by atoms with E-state index in [0.717, 1.165) is 28.2 Å². The summed E-state index contributed by atoms with van der Waals surface area (Å²) in [5, 5.41) is 6.22. The van der Waals surface area contributed by atoms with Gasteiger partial charge in [-0.2, -0.15) is 0 Å². The zero-order valence-electron chi connectivity index (χ0n) is 11.4. The van der Waals surface area contributed by atoms with E-state index in [9.17, 15) is 4.79 Å². The average Bonchev–Trinajstić information content (AvgIpc) is 2.35. The third kappa shape index (κ3) is 3.35. The Morgan fingerprint density at radius 2 is 1.53 bits per heavy atom. The van der Waals surface area contributed by atoms with Gasteiger partial charge in [0.05, 0.1) is 0 Å². The van der Waals surface area contributed by atoms with Gasteiger partial charge in [-0.15, -0.1) is 0 Å². The predicted molar refractivity (Wildman–Crippen MR) is 79.9 cm³/mol. The van der Waals surface area contributed by atoms with Crippen LogP contribution < -0.4 is 10.6 Å². The number of nitrogens with one attached hydrogen (secondary N) is 2. The lowest BCUT2D eigenvalue weighted by Gasteiger charge is -2.14. The lowest BCUT2D eigenvalue weighted by molar-refractivity contribution is -0.114. The molecule has 0 saturated heterocycles. The Kier molecular flexibility index (Phi) is 3.85. The Hall–Kier alpha value is -2.29. The molecule has 1 amide bonds. The van der Waals surface area contributed by atoms with Gasteiger partial charge in [0.15, 0.2) is 0 Å². The second kappa shape index (κ2) is 5.57. The van der Waals surface area contributed by atoms with Gasteiger partial charge in [-0.3, -0.25) is 4.79 Å². The molecule has 0 aliphatic heterocycles. The molecular weight excluding hydrogens is 236 g/mol. The monoisotopic (exact) mass is 254 g/mol. The van der Waals surface area contributed by atoms with Crippen molar-refractivity contribution in [1.29, 1.82) is 0 Å². The maximum Gasteiger partial charge on any atom is 0.221 e. The summed E-state index contributed by atoms with van der Waals surface area (Å²) in [7, 11) is 0. The van der Waals surface area contributed by atoms with E-state index in [1.54, 1.807) is 0 Å². The van der Waals surface area contributed by atoms with E-state index in [1.165, 1.54) is 6.92 Å². The maximum absolute atomic E-state index is 11.2. The summed E-state index contributed by atoms with van der Waals surface area (Å²) in [6.45, 7) is 5.51. The van der Waals surface area contributed by atoms with Gasteiger partial charge in [-0.05, 0) is 49.2 Å². The zero-order valence-corrected chi connectivity index (χ0v) is 11.4. The molecular formula is C16H18N2O. The quantitative estimate of drug-likeness (QED) is 0.869. The van der Waals surface area contributed by atoms with Crippen molar-refractivity contribution in [2.45, 2.75) is 20.8 Å². The molecule has 3 heteroatoms. The van der Waals surface area contributed by atoms with Gasteiger partial charge < -0.3 is 10.6 Å². The number of rotatable bonds is 3. The van der Waals surface area contributed by atoms with Crippen LogP contribution in [0.1, 0.15) is 18.1 Å². The fourth-order valence-electron chi connectivity index (χ4n) is 2.10. The molecule has 0 unspecified atom stereocenters. The highest BCUT2D eigenvalue weighted by molar-refractivity contribution is 5.91. The summed E-state index contributed by atoms with van der Waals surface area (Å²) >= 11 is 0. The van der Waals surface area contributed by atoms with Crippen molar-refractivity contribution in [1.82, 2.24) is 0 Å².